The highest BCUT2D eigenvalue weighted by Crippen LogP contribution is 2.24. The van der Waals surface area contributed by atoms with Crippen molar-refractivity contribution in [2.45, 2.75) is 18.0 Å². The van der Waals surface area contributed by atoms with Gasteiger partial charge in [-0.15, -0.1) is 11.3 Å². The first-order chi connectivity index (χ1) is 9.43. The van der Waals surface area contributed by atoms with Crippen LogP contribution in [0.5, 0.6) is 0 Å². The van der Waals surface area contributed by atoms with Crippen LogP contribution < -0.4 is 0 Å². The molecule has 2 aromatic rings. The summed E-state index contributed by atoms with van der Waals surface area (Å²) in [7, 11) is -2.09. The van der Waals surface area contributed by atoms with Gasteiger partial charge in [-0.2, -0.15) is 9.40 Å². The molecule has 0 aliphatic rings. The minimum absolute atomic E-state index is 0.0926. The molecule has 0 radical (unpaired) electrons. The van der Waals surface area contributed by atoms with Crippen molar-refractivity contribution in [3.63, 3.8) is 0 Å². The minimum atomic E-state index is -3.59. The average molecular weight is 336 g/mol. The quantitative estimate of drug-likeness (QED) is 0.866. The molecule has 6 nitrogen and oxygen atoms in total. The first-order valence-corrected chi connectivity index (χ1v) is 8.41. The summed E-state index contributed by atoms with van der Waals surface area (Å²) in [6, 6.07) is 3.54. The molecule has 0 saturated heterocycles. The number of nitrogens with zero attached hydrogens (tertiary/aromatic N) is 3. The third-order valence-corrected chi connectivity index (χ3v) is 5.63. The van der Waals surface area contributed by atoms with Crippen LogP contribution in [0.3, 0.4) is 0 Å². The van der Waals surface area contributed by atoms with Crippen molar-refractivity contribution in [1.82, 2.24) is 14.1 Å². The topological polar surface area (TPSA) is 75.4 Å². The first-order valence-electron chi connectivity index (χ1n) is 5.77. The molecule has 0 atom stereocenters. The lowest BCUT2D eigenvalue weighted by Gasteiger charge is -2.14. The maximum absolute atomic E-state index is 12.3. The van der Waals surface area contributed by atoms with Gasteiger partial charge >= 0.3 is 0 Å². The second-order valence-corrected chi connectivity index (χ2v) is 7.97. The van der Waals surface area contributed by atoms with E-state index >= 15 is 0 Å². The van der Waals surface area contributed by atoms with Gasteiger partial charge in [-0.3, -0.25) is 4.68 Å². The Morgan fingerprint density at radius 3 is 2.85 bits per heavy atom. The van der Waals surface area contributed by atoms with Crippen LogP contribution >= 0.6 is 22.9 Å². The van der Waals surface area contributed by atoms with Crippen molar-refractivity contribution in [2.24, 2.45) is 0 Å². The van der Waals surface area contributed by atoms with Gasteiger partial charge in [0.1, 0.15) is 4.90 Å². The fraction of sp³-hybridized carbons (Fsp3) is 0.364. The van der Waals surface area contributed by atoms with Crippen LogP contribution in [0.1, 0.15) is 4.88 Å². The van der Waals surface area contributed by atoms with Crippen molar-refractivity contribution >= 4 is 33.0 Å². The van der Waals surface area contributed by atoms with E-state index in [2.05, 4.69) is 5.10 Å². The lowest BCUT2D eigenvalue weighted by atomic mass is 10.5. The number of rotatable bonds is 6. The van der Waals surface area contributed by atoms with Crippen LogP contribution in [-0.2, 0) is 23.1 Å². The van der Waals surface area contributed by atoms with E-state index < -0.39 is 10.0 Å². The second kappa shape index (κ2) is 6.23. The van der Waals surface area contributed by atoms with Gasteiger partial charge in [0.05, 0.1) is 23.7 Å². The Labute approximate surface area is 126 Å². The third kappa shape index (κ3) is 3.39. The van der Waals surface area contributed by atoms with Crippen LogP contribution in [0.25, 0.3) is 0 Å². The predicted octanol–water partition coefficient (Wildman–Crippen LogP) is 1.41. The van der Waals surface area contributed by atoms with Crippen LogP contribution in [0, 0.1) is 0 Å². The molecule has 0 unspecified atom stereocenters. The van der Waals surface area contributed by atoms with Gasteiger partial charge in [-0.25, -0.2) is 8.42 Å². The molecule has 0 aromatic carbocycles. The predicted molar refractivity (Wildman–Crippen MR) is 77.3 cm³/mol. The highest BCUT2D eigenvalue weighted by Gasteiger charge is 2.23. The first kappa shape index (κ1) is 15.5. The van der Waals surface area contributed by atoms with Crippen molar-refractivity contribution in [2.75, 3.05) is 13.7 Å². The molecule has 1 N–H and O–H groups in total. The molecule has 0 aliphatic heterocycles. The van der Waals surface area contributed by atoms with Crippen molar-refractivity contribution in [3.8, 4) is 0 Å². The summed E-state index contributed by atoms with van der Waals surface area (Å²) in [6.45, 7) is 0.426. The summed E-state index contributed by atoms with van der Waals surface area (Å²) in [5, 5.41) is 12.7. The Morgan fingerprint density at radius 2 is 2.25 bits per heavy atom. The molecule has 0 fully saturated rings. The summed E-state index contributed by atoms with van der Waals surface area (Å²) < 4.78 is 27.9. The Balaban J connectivity index is 2.15. The number of hydrogen-bond acceptors (Lipinski definition) is 5. The van der Waals surface area contributed by atoms with E-state index in [4.69, 9.17) is 16.7 Å². The minimum Gasteiger partial charge on any atom is -0.394 e. The molecule has 0 saturated carbocycles. The molecule has 20 heavy (non-hydrogen) atoms. The Kier molecular flexibility index (Phi) is 4.82. The zero-order valence-electron chi connectivity index (χ0n) is 10.7. The number of sulfonamides is 1. The monoisotopic (exact) mass is 335 g/mol. The Bertz CT molecular complexity index is 681. The summed E-state index contributed by atoms with van der Waals surface area (Å²) >= 11 is 7.17. The zero-order chi connectivity index (χ0) is 14.8. The molecule has 0 amide bonds. The lowest BCUT2D eigenvalue weighted by molar-refractivity contribution is 0.269. The normalized spacial score (nSPS) is 12.2. The van der Waals surface area contributed by atoms with Gasteiger partial charge < -0.3 is 5.11 Å². The van der Waals surface area contributed by atoms with E-state index in [1.807, 2.05) is 0 Å². The molecule has 2 aromatic heterocycles. The Morgan fingerprint density at radius 1 is 1.50 bits per heavy atom. The largest absolute Gasteiger partial charge is 0.394 e. The zero-order valence-corrected chi connectivity index (χ0v) is 13.1. The third-order valence-electron chi connectivity index (χ3n) is 2.65. The average Bonchev–Trinajstić information content (AvgIpc) is 2.99. The van der Waals surface area contributed by atoms with Crippen molar-refractivity contribution in [1.29, 1.82) is 0 Å². The van der Waals surface area contributed by atoms with E-state index in [1.54, 1.807) is 12.1 Å². The molecular weight excluding hydrogens is 322 g/mol. The number of thiophene rings is 1. The molecule has 0 spiro atoms. The highest BCUT2D eigenvalue weighted by atomic mass is 35.5. The molecule has 2 heterocycles. The lowest BCUT2D eigenvalue weighted by Crippen LogP contribution is -2.25. The number of aromatic nitrogens is 2. The van der Waals surface area contributed by atoms with Crippen LogP contribution in [-0.4, -0.2) is 41.3 Å². The van der Waals surface area contributed by atoms with Gasteiger partial charge in [0.25, 0.3) is 0 Å². The van der Waals surface area contributed by atoms with Gasteiger partial charge in [-0.1, -0.05) is 11.6 Å². The standard InChI is InChI=1S/C11H14ClN3O3S2/c1-14(7-9-2-3-11(12)19-9)20(17,18)10-6-13-15(8-10)4-5-16/h2-3,6,8,16H,4-5,7H2,1H3. The van der Waals surface area contributed by atoms with E-state index in [-0.39, 0.29) is 24.6 Å². The molecule has 110 valence electrons. The second-order valence-electron chi connectivity index (χ2n) is 4.13. The molecule has 9 heteroatoms. The summed E-state index contributed by atoms with van der Waals surface area (Å²) in [6.07, 6.45) is 2.69. The van der Waals surface area contributed by atoms with Crippen molar-refractivity contribution < 1.29 is 13.5 Å². The molecular formula is C11H14ClN3O3S2. The van der Waals surface area contributed by atoms with E-state index in [0.717, 1.165) is 4.88 Å². The van der Waals surface area contributed by atoms with Crippen molar-refractivity contribution in [3.05, 3.63) is 33.7 Å². The molecule has 0 bridgehead atoms. The maximum Gasteiger partial charge on any atom is 0.246 e. The van der Waals surface area contributed by atoms with Crippen LogP contribution in [0.4, 0.5) is 0 Å². The molecule has 0 aliphatic carbocycles. The number of aliphatic hydroxyl groups is 1. The summed E-state index contributed by atoms with van der Waals surface area (Å²) in [4.78, 5) is 0.972. The maximum atomic E-state index is 12.3. The molecule has 2 rings (SSSR count). The van der Waals surface area contributed by atoms with Crippen LogP contribution in [0.2, 0.25) is 4.34 Å². The number of aliphatic hydroxyl groups excluding tert-OH is 1. The van der Waals surface area contributed by atoms with Gasteiger partial charge in [-0.05, 0) is 12.1 Å². The highest BCUT2D eigenvalue weighted by molar-refractivity contribution is 7.89. The van der Waals surface area contributed by atoms with E-state index in [9.17, 15) is 8.42 Å². The Hall–Kier alpha value is -0.930. The summed E-state index contributed by atoms with van der Waals surface area (Å²) in [5.74, 6) is 0. The van der Waals surface area contributed by atoms with Crippen LogP contribution in [0.15, 0.2) is 29.4 Å². The van der Waals surface area contributed by atoms with E-state index in [1.165, 1.54) is 39.8 Å². The smallest absolute Gasteiger partial charge is 0.246 e. The SMILES string of the molecule is CN(Cc1ccc(Cl)s1)S(=O)(=O)c1cnn(CCO)c1. The summed E-state index contributed by atoms with van der Waals surface area (Å²) in [5.41, 5.74) is 0. The van der Waals surface area contributed by atoms with Gasteiger partial charge in [0, 0.05) is 24.7 Å². The van der Waals surface area contributed by atoms with Gasteiger partial charge in [0.2, 0.25) is 10.0 Å². The van der Waals surface area contributed by atoms with Gasteiger partial charge in [0.15, 0.2) is 0 Å². The number of hydrogen-bond donors (Lipinski definition) is 1. The fourth-order valence-corrected chi connectivity index (χ4v) is 3.95. The number of halogens is 1. The fourth-order valence-electron chi connectivity index (χ4n) is 1.62. The van der Waals surface area contributed by atoms with E-state index in [0.29, 0.717) is 4.34 Å².